The molecule has 2 fully saturated rings. The Morgan fingerprint density at radius 3 is 2.37 bits per heavy atom. The van der Waals surface area contributed by atoms with Crippen LogP contribution in [0.25, 0.3) is 17.1 Å². The van der Waals surface area contributed by atoms with E-state index in [1.807, 2.05) is 24.3 Å². The number of fused-ring (bicyclic) bond motifs is 1. The highest BCUT2D eigenvalue weighted by atomic mass is 32.2. The summed E-state index contributed by atoms with van der Waals surface area (Å²) in [7, 11) is -3.54. The monoisotopic (exact) mass is 496 g/mol. The standard InChI is InChI=1S/C25H28N4O5S/c30-24(10-7-19-5-8-21(9-6-19)35(32,33)28-15-17-34-18-16-28)27-13-11-20(12-14-27)29-23-4-2-1-3-22(23)26-25(29)31/h1-10,20H,11-18H2,(H,26,31)/b10-7+. The Balaban J connectivity index is 1.20. The fourth-order valence-electron chi connectivity index (χ4n) is 4.74. The average molecular weight is 497 g/mol. The summed E-state index contributed by atoms with van der Waals surface area (Å²) in [5, 5.41) is 0. The number of amides is 1. The zero-order valence-electron chi connectivity index (χ0n) is 19.3. The fraction of sp³-hybridized carbons (Fsp3) is 0.360. The van der Waals surface area contributed by atoms with E-state index in [4.69, 9.17) is 4.74 Å². The van der Waals surface area contributed by atoms with Gasteiger partial charge >= 0.3 is 5.69 Å². The molecule has 0 spiro atoms. The molecule has 35 heavy (non-hydrogen) atoms. The van der Waals surface area contributed by atoms with E-state index in [0.717, 1.165) is 16.6 Å². The molecule has 3 heterocycles. The van der Waals surface area contributed by atoms with Crippen LogP contribution in [-0.2, 0) is 19.6 Å². The van der Waals surface area contributed by atoms with Gasteiger partial charge in [-0.1, -0.05) is 24.3 Å². The lowest BCUT2D eigenvalue weighted by Gasteiger charge is -2.32. The van der Waals surface area contributed by atoms with Gasteiger partial charge in [0, 0.05) is 38.3 Å². The van der Waals surface area contributed by atoms with Gasteiger partial charge in [-0.15, -0.1) is 0 Å². The summed E-state index contributed by atoms with van der Waals surface area (Å²) in [4.78, 5) is 30.1. The van der Waals surface area contributed by atoms with Crippen LogP contribution in [0.4, 0.5) is 0 Å². The van der Waals surface area contributed by atoms with Gasteiger partial charge in [0.25, 0.3) is 0 Å². The van der Waals surface area contributed by atoms with Crippen molar-refractivity contribution in [2.24, 2.45) is 0 Å². The molecule has 0 bridgehead atoms. The molecule has 9 nitrogen and oxygen atoms in total. The normalized spacial score (nSPS) is 18.5. The van der Waals surface area contributed by atoms with Crippen molar-refractivity contribution in [3.63, 3.8) is 0 Å². The molecular weight excluding hydrogens is 468 g/mol. The van der Waals surface area contributed by atoms with Gasteiger partial charge in [0.2, 0.25) is 15.9 Å². The number of piperidine rings is 1. The largest absolute Gasteiger partial charge is 0.379 e. The van der Waals surface area contributed by atoms with Crippen molar-refractivity contribution in [1.29, 1.82) is 0 Å². The Kier molecular flexibility index (Phi) is 6.59. The number of nitrogens with zero attached hydrogens (tertiary/aromatic N) is 3. The second-order valence-electron chi connectivity index (χ2n) is 8.79. The van der Waals surface area contributed by atoms with Gasteiger partial charge in [-0.05, 0) is 48.7 Å². The van der Waals surface area contributed by atoms with E-state index in [1.165, 1.54) is 10.4 Å². The number of benzene rings is 2. The van der Waals surface area contributed by atoms with Crippen LogP contribution < -0.4 is 5.69 Å². The van der Waals surface area contributed by atoms with Crippen LogP contribution >= 0.6 is 0 Å². The molecule has 2 saturated heterocycles. The van der Waals surface area contributed by atoms with Crippen molar-refractivity contribution in [2.45, 2.75) is 23.8 Å². The molecule has 0 aliphatic carbocycles. The van der Waals surface area contributed by atoms with Crippen LogP contribution in [0.15, 0.2) is 64.3 Å². The molecular formula is C25H28N4O5S. The van der Waals surface area contributed by atoms with Crippen molar-refractivity contribution in [3.05, 3.63) is 70.7 Å². The third-order valence-corrected chi connectivity index (χ3v) is 8.58. The van der Waals surface area contributed by atoms with Crippen LogP contribution in [-0.4, -0.2) is 72.5 Å². The predicted molar refractivity (Wildman–Crippen MR) is 132 cm³/mol. The summed E-state index contributed by atoms with van der Waals surface area (Å²) in [5.41, 5.74) is 2.35. The SMILES string of the molecule is O=C(/C=C/c1ccc(S(=O)(=O)N2CCOCC2)cc1)N1CCC(n2c(=O)[nH]c3ccccc32)CC1. The van der Waals surface area contributed by atoms with Gasteiger partial charge < -0.3 is 14.6 Å². The number of carbonyl (C=O) groups is 1. The van der Waals surface area contributed by atoms with E-state index in [9.17, 15) is 18.0 Å². The number of sulfonamides is 1. The summed E-state index contributed by atoms with van der Waals surface area (Å²) in [6.45, 7) is 2.64. The molecule has 0 atom stereocenters. The van der Waals surface area contributed by atoms with Gasteiger partial charge in [0.15, 0.2) is 0 Å². The molecule has 0 unspecified atom stereocenters. The molecule has 5 rings (SSSR count). The molecule has 1 amide bonds. The number of rotatable bonds is 5. The summed E-state index contributed by atoms with van der Waals surface area (Å²) < 4.78 is 34.0. The Morgan fingerprint density at radius 2 is 1.66 bits per heavy atom. The summed E-state index contributed by atoms with van der Waals surface area (Å²) in [6.07, 6.45) is 4.62. The van der Waals surface area contributed by atoms with Crippen LogP contribution in [0.2, 0.25) is 0 Å². The zero-order valence-corrected chi connectivity index (χ0v) is 20.1. The van der Waals surface area contributed by atoms with Gasteiger partial charge in [0.05, 0.1) is 29.1 Å². The minimum atomic E-state index is -3.54. The van der Waals surface area contributed by atoms with E-state index < -0.39 is 10.0 Å². The van der Waals surface area contributed by atoms with E-state index in [0.29, 0.717) is 52.2 Å². The van der Waals surface area contributed by atoms with Crippen molar-refractivity contribution < 1.29 is 17.9 Å². The molecule has 3 aromatic rings. The third-order valence-electron chi connectivity index (χ3n) is 6.67. The van der Waals surface area contributed by atoms with Crippen LogP contribution in [0, 0.1) is 0 Å². The number of aromatic nitrogens is 2. The Bertz CT molecular complexity index is 1390. The molecule has 0 saturated carbocycles. The van der Waals surface area contributed by atoms with Crippen molar-refractivity contribution in [3.8, 4) is 0 Å². The number of imidazole rings is 1. The highest BCUT2D eigenvalue weighted by Crippen LogP contribution is 2.25. The smallest absolute Gasteiger partial charge is 0.326 e. The maximum absolute atomic E-state index is 12.7. The fourth-order valence-corrected chi connectivity index (χ4v) is 6.15. The highest BCUT2D eigenvalue weighted by Gasteiger charge is 2.27. The second-order valence-corrected chi connectivity index (χ2v) is 10.7. The van der Waals surface area contributed by atoms with E-state index >= 15 is 0 Å². The first-order valence-electron chi connectivity index (χ1n) is 11.8. The number of hydrogen-bond donors (Lipinski definition) is 1. The molecule has 1 aromatic heterocycles. The lowest BCUT2D eigenvalue weighted by atomic mass is 10.0. The minimum Gasteiger partial charge on any atom is -0.379 e. The van der Waals surface area contributed by atoms with Crippen molar-refractivity contribution in [2.75, 3.05) is 39.4 Å². The van der Waals surface area contributed by atoms with Crippen LogP contribution in [0.1, 0.15) is 24.4 Å². The van der Waals surface area contributed by atoms with Gasteiger partial charge in [0.1, 0.15) is 0 Å². The first-order valence-corrected chi connectivity index (χ1v) is 13.2. The summed E-state index contributed by atoms with van der Waals surface area (Å²) >= 11 is 0. The van der Waals surface area contributed by atoms with Gasteiger partial charge in [-0.25, -0.2) is 13.2 Å². The Labute approximate surface area is 203 Å². The lowest BCUT2D eigenvalue weighted by molar-refractivity contribution is -0.127. The molecule has 2 aliphatic rings. The number of hydrogen-bond acceptors (Lipinski definition) is 5. The zero-order chi connectivity index (χ0) is 24.4. The predicted octanol–water partition coefficient (Wildman–Crippen LogP) is 2.23. The maximum Gasteiger partial charge on any atom is 0.326 e. The van der Waals surface area contributed by atoms with Crippen molar-refractivity contribution in [1.82, 2.24) is 18.8 Å². The number of carbonyl (C=O) groups excluding carboxylic acids is 1. The number of ether oxygens (including phenoxy) is 1. The Hall–Kier alpha value is -3.21. The molecule has 184 valence electrons. The number of morpholine rings is 1. The third kappa shape index (κ3) is 4.82. The van der Waals surface area contributed by atoms with Gasteiger partial charge in [-0.3, -0.25) is 9.36 Å². The molecule has 10 heteroatoms. The number of H-pyrrole nitrogens is 1. The number of likely N-dealkylation sites (tertiary alicyclic amines) is 1. The number of aromatic amines is 1. The first-order chi connectivity index (χ1) is 16.9. The second kappa shape index (κ2) is 9.80. The highest BCUT2D eigenvalue weighted by molar-refractivity contribution is 7.89. The topological polar surface area (TPSA) is 105 Å². The van der Waals surface area contributed by atoms with Crippen LogP contribution in [0.3, 0.4) is 0 Å². The van der Waals surface area contributed by atoms with E-state index in [1.54, 1.807) is 39.8 Å². The minimum absolute atomic E-state index is 0.0487. The molecule has 2 aromatic carbocycles. The maximum atomic E-state index is 12.7. The molecule has 0 radical (unpaired) electrons. The van der Waals surface area contributed by atoms with Crippen LogP contribution in [0.5, 0.6) is 0 Å². The number of para-hydroxylation sites is 2. The van der Waals surface area contributed by atoms with E-state index in [-0.39, 0.29) is 22.5 Å². The Morgan fingerprint density at radius 1 is 0.971 bits per heavy atom. The lowest BCUT2D eigenvalue weighted by Crippen LogP contribution is -2.40. The van der Waals surface area contributed by atoms with E-state index in [2.05, 4.69) is 4.98 Å². The summed E-state index contributed by atoms with van der Waals surface area (Å²) in [5.74, 6) is -0.0975. The number of nitrogens with one attached hydrogen (secondary N) is 1. The average Bonchev–Trinajstić information content (AvgIpc) is 3.23. The summed E-state index contributed by atoms with van der Waals surface area (Å²) in [6, 6.07) is 14.2. The molecule has 1 N–H and O–H groups in total. The molecule has 2 aliphatic heterocycles. The van der Waals surface area contributed by atoms with Crippen molar-refractivity contribution >= 4 is 33.0 Å². The first kappa shape index (κ1) is 23.5. The quantitative estimate of drug-likeness (QED) is 0.546. The van der Waals surface area contributed by atoms with Gasteiger partial charge in [-0.2, -0.15) is 4.31 Å².